The van der Waals surface area contributed by atoms with Crippen LogP contribution in [-0.2, 0) is 17.8 Å². The predicted molar refractivity (Wildman–Crippen MR) is 69.2 cm³/mol. The molecule has 1 aliphatic rings. The van der Waals surface area contributed by atoms with Crippen molar-refractivity contribution < 1.29 is 9.90 Å². The number of aryl methyl sites for hydroxylation is 1. The number of aliphatic carboxylic acids is 1. The Balaban J connectivity index is 2.06. The Hall–Kier alpha value is -1.32. The van der Waals surface area contributed by atoms with Gasteiger partial charge in [-0.3, -0.25) is 9.48 Å². The second kappa shape index (κ2) is 5.55. The normalized spacial score (nSPS) is 28.2. The SMILES string of the molecule is CCn1cc(CC2CC(C)CCC2C(=O)O)cn1. The van der Waals surface area contributed by atoms with Crippen LogP contribution in [0.4, 0.5) is 0 Å². The quantitative estimate of drug-likeness (QED) is 0.893. The summed E-state index contributed by atoms with van der Waals surface area (Å²) in [6, 6.07) is 0. The minimum Gasteiger partial charge on any atom is -0.481 e. The first-order chi connectivity index (χ1) is 8.60. The first kappa shape index (κ1) is 13.1. The molecule has 4 nitrogen and oxygen atoms in total. The van der Waals surface area contributed by atoms with E-state index in [1.807, 2.05) is 17.1 Å². The summed E-state index contributed by atoms with van der Waals surface area (Å²) in [7, 11) is 0. The van der Waals surface area contributed by atoms with Gasteiger partial charge in [-0.15, -0.1) is 0 Å². The number of carbonyl (C=O) groups is 1. The minimum atomic E-state index is -0.630. The number of hydrogen-bond acceptors (Lipinski definition) is 2. The molecule has 0 spiro atoms. The highest BCUT2D eigenvalue weighted by Crippen LogP contribution is 2.35. The second-order valence-corrected chi connectivity index (χ2v) is 5.53. The molecule has 1 fully saturated rings. The summed E-state index contributed by atoms with van der Waals surface area (Å²) in [5.41, 5.74) is 1.17. The van der Waals surface area contributed by atoms with Crippen LogP contribution in [0.5, 0.6) is 0 Å². The number of carboxylic acid groups (broad SMARTS) is 1. The first-order valence-electron chi connectivity index (χ1n) is 6.84. The van der Waals surface area contributed by atoms with E-state index >= 15 is 0 Å². The molecule has 3 atom stereocenters. The van der Waals surface area contributed by atoms with Crippen molar-refractivity contribution in [2.45, 2.75) is 46.1 Å². The number of hydrogen-bond donors (Lipinski definition) is 1. The molecule has 1 aromatic rings. The van der Waals surface area contributed by atoms with Crippen LogP contribution in [0.15, 0.2) is 12.4 Å². The van der Waals surface area contributed by atoms with Gasteiger partial charge in [0.2, 0.25) is 0 Å². The van der Waals surface area contributed by atoms with Gasteiger partial charge < -0.3 is 5.11 Å². The maximum absolute atomic E-state index is 11.3. The molecule has 4 heteroatoms. The molecule has 0 amide bonds. The molecule has 0 radical (unpaired) electrons. The molecule has 2 rings (SSSR count). The zero-order valence-electron chi connectivity index (χ0n) is 11.2. The Labute approximate surface area is 108 Å². The van der Waals surface area contributed by atoms with Gasteiger partial charge in [-0.25, -0.2) is 0 Å². The lowest BCUT2D eigenvalue weighted by atomic mass is 9.72. The fourth-order valence-electron chi connectivity index (χ4n) is 3.04. The van der Waals surface area contributed by atoms with Crippen molar-refractivity contribution in [1.29, 1.82) is 0 Å². The van der Waals surface area contributed by atoms with E-state index in [1.54, 1.807) is 0 Å². The summed E-state index contributed by atoms with van der Waals surface area (Å²) in [5, 5.41) is 13.6. The van der Waals surface area contributed by atoms with Gasteiger partial charge >= 0.3 is 5.97 Å². The molecule has 1 N–H and O–H groups in total. The van der Waals surface area contributed by atoms with Crippen molar-refractivity contribution in [3.8, 4) is 0 Å². The fourth-order valence-corrected chi connectivity index (χ4v) is 3.04. The van der Waals surface area contributed by atoms with Gasteiger partial charge in [0, 0.05) is 12.7 Å². The summed E-state index contributed by atoms with van der Waals surface area (Å²) in [5.74, 6) is 0.105. The smallest absolute Gasteiger partial charge is 0.306 e. The van der Waals surface area contributed by atoms with E-state index in [1.165, 1.54) is 5.56 Å². The molecule has 3 unspecified atom stereocenters. The van der Waals surface area contributed by atoms with Crippen molar-refractivity contribution >= 4 is 5.97 Å². The minimum absolute atomic E-state index is 0.175. The van der Waals surface area contributed by atoms with E-state index in [0.717, 1.165) is 32.2 Å². The summed E-state index contributed by atoms with van der Waals surface area (Å²) in [6.07, 6.45) is 7.65. The zero-order valence-corrected chi connectivity index (χ0v) is 11.2. The average molecular weight is 250 g/mol. The second-order valence-electron chi connectivity index (χ2n) is 5.53. The third-order valence-electron chi connectivity index (χ3n) is 4.07. The summed E-state index contributed by atoms with van der Waals surface area (Å²) in [6.45, 7) is 5.14. The Bertz CT molecular complexity index is 414. The molecular formula is C14H22N2O2. The van der Waals surface area contributed by atoms with Crippen LogP contribution in [0.1, 0.15) is 38.7 Å². The number of rotatable bonds is 4. The van der Waals surface area contributed by atoms with Crippen LogP contribution >= 0.6 is 0 Å². The molecular weight excluding hydrogens is 228 g/mol. The molecule has 1 aliphatic carbocycles. The van der Waals surface area contributed by atoms with E-state index < -0.39 is 5.97 Å². The molecule has 1 saturated carbocycles. The summed E-state index contributed by atoms with van der Waals surface area (Å²) in [4.78, 5) is 11.3. The average Bonchev–Trinajstić information content (AvgIpc) is 2.76. The highest BCUT2D eigenvalue weighted by atomic mass is 16.4. The van der Waals surface area contributed by atoms with Crippen molar-refractivity contribution in [2.75, 3.05) is 0 Å². The predicted octanol–water partition coefficient (Wildman–Crippen LogP) is 2.58. The largest absolute Gasteiger partial charge is 0.481 e. The monoisotopic (exact) mass is 250 g/mol. The Morgan fingerprint density at radius 1 is 1.56 bits per heavy atom. The number of carboxylic acids is 1. The fraction of sp³-hybridized carbons (Fsp3) is 0.714. The first-order valence-corrected chi connectivity index (χ1v) is 6.84. The van der Waals surface area contributed by atoms with Crippen LogP contribution in [0, 0.1) is 17.8 Å². The lowest BCUT2D eigenvalue weighted by Gasteiger charge is -2.32. The van der Waals surface area contributed by atoms with Crippen LogP contribution in [0.25, 0.3) is 0 Å². The van der Waals surface area contributed by atoms with E-state index in [4.69, 9.17) is 0 Å². The van der Waals surface area contributed by atoms with Gasteiger partial charge in [-0.05, 0) is 50.0 Å². The molecule has 100 valence electrons. The van der Waals surface area contributed by atoms with Gasteiger partial charge in [0.25, 0.3) is 0 Å². The van der Waals surface area contributed by atoms with E-state index in [-0.39, 0.29) is 11.8 Å². The molecule has 1 heterocycles. The van der Waals surface area contributed by atoms with Crippen molar-refractivity contribution in [3.05, 3.63) is 18.0 Å². The van der Waals surface area contributed by atoms with Crippen molar-refractivity contribution in [2.24, 2.45) is 17.8 Å². The zero-order chi connectivity index (χ0) is 13.1. The van der Waals surface area contributed by atoms with Crippen LogP contribution in [-0.4, -0.2) is 20.9 Å². The molecule has 18 heavy (non-hydrogen) atoms. The van der Waals surface area contributed by atoms with E-state index in [0.29, 0.717) is 5.92 Å². The lowest BCUT2D eigenvalue weighted by molar-refractivity contribution is -0.145. The van der Waals surface area contributed by atoms with Gasteiger partial charge in [-0.2, -0.15) is 5.10 Å². The summed E-state index contributed by atoms with van der Waals surface area (Å²) < 4.78 is 1.90. The number of nitrogens with zero attached hydrogens (tertiary/aromatic N) is 2. The molecule has 0 bridgehead atoms. The lowest BCUT2D eigenvalue weighted by Crippen LogP contribution is -2.31. The highest BCUT2D eigenvalue weighted by Gasteiger charge is 2.33. The van der Waals surface area contributed by atoms with E-state index in [9.17, 15) is 9.90 Å². The molecule has 0 aromatic carbocycles. The topological polar surface area (TPSA) is 55.1 Å². The third kappa shape index (κ3) is 2.92. The van der Waals surface area contributed by atoms with Crippen LogP contribution in [0.2, 0.25) is 0 Å². The van der Waals surface area contributed by atoms with Gasteiger partial charge in [0.1, 0.15) is 0 Å². The third-order valence-corrected chi connectivity index (χ3v) is 4.07. The molecule has 0 saturated heterocycles. The molecule has 1 aromatic heterocycles. The van der Waals surface area contributed by atoms with Crippen LogP contribution in [0.3, 0.4) is 0 Å². The molecule has 0 aliphatic heterocycles. The maximum Gasteiger partial charge on any atom is 0.306 e. The van der Waals surface area contributed by atoms with Crippen LogP contribution < -0.4 is 0 Å². The standard InChI is InChI=1S/C14H22N2O2/c1-3-16-9-11(8-15-16)7-12-6-10(2)4-5-13(12)14(17)18/h8-10,12-13H,3-7H2,1-2H3,(H,17,18). The van der Waals surface area contributed by atoms with Gasteiger partial charge in [0.15, 0.2) is 0 Å². The Kier molecular flexibility index (Phi) is 4.04. The summed E-state index contributed by atoms with van der Waals surface area (Å²) >= 11 is 0. The Morgan fingerprint density at radius 2 is 2.33 bits per heavy atom. The van der Waals surface area contributed by atoms with Crippen molar-refractivity contribution in [1.82, 2.24) is 9.78 Å². The van der Waals surface area contributed by atoms with Crippen molar-refractivity contribution in [3.63, 3.8) is 0 Å². The highest BCUT2D eigenvalue weighted by molar-refractivity contribution is 5.70. The number of aromatic nitrogens is 2. The van der Waals surface area contributed by atoms with Gasteiger partial charge in [-0.1, -0.05) is 6.92 Å². The van der Waals surface area contributed by atoms with E-state index in [2.05, 4.69) is 18.9 Å². The maximum atomic E-state index is 11.3. The Morgan fingerprint density at radius 3 is 2.94 bits per heavy atom. The van der Waals surface area contributed by atoms with Gasteiger partial charge in [0.05, 0.1) is 12.1 Å².